The molecule has 0 aliphatic carbocycles. The van der Waals surface area contributed by atoms with E-state index >= 15 is 0 Å². The van der Waals surface area contributed by atoms with E-state index in [1.54, 1.807) is 16.8 Å². The molecule has 0 unspecified atom stereocenters. The summed E-state index contributed by atoms with van der Waals surface area (Å²) in [4.78, 5) is 0.0968. The van der Waals surface area contributed by atoms with Gasteiger partial charge in [0, 0.05) is 6.26 Å². The molecule has 0 aliphatic heterocycles. The van der Waals surface area contributed by atoms with Crippen LogP contribution in [-0.4, -0.2) is 29.6 Å². The van der Waals surface area contributed by atoms with E-state index in [0.29, 0.717) is 15.4 Å². The fourth-order valence-electron chi connectivity index (χ4n) is 4.58. The van der Waals surface area contributed by atoms with Gasteiger partial charge in [0.1, 0.15) is 5.54 Å². The predicted molar refractivity (Wildman–Crippen MR) is 137 cm³/mol. The summed E-state index contributed by atoms with van der Waals surface area (Å²) >= 11 is 3.42. The molecule has 5 aromatic rings. The van der Waals surface area contributed by atoms with Crippen molar-refractivity contribution in [3.63, 3.8) is 0 Å². The molecule has 5 rings (SSSR count). The molecule has 5 nitrogen and oxygen atoms in total. The highest BCUT2D eigenvalue weighted by atomic mass is 79.9. The molecular formula is C27H21BrN2O3S. The van der Waals surface area contributed by atoms with Crippen molar-refractivity contribution in [1.82, 2.24) is 9.78 Å². The number of hydrogen-bond donors (Lipinski definition) is 1. The highest BCUT2D eigenvalue weighted by Gasteiger charge is 2.41. The largest absolute Gasteiger partial charge is 0.492 e. The summed E-state index contributed by atoms with van der Waals surface area (Å²) in [5, 5.41) is 16.0. The summed E-state index contributed by atoms with van der Waals surface area (Å²) < 4.78 is 26.8. The van der Waals surface area contributed by atoms with Crippen LogP contribution >= 0.6 is 15.9 Å². The van der Waals surface area contributed by atoms with E-state index < -0.39 is 15.4 Å². The van der Waals surface area contributed by atoms with Crippen LogP contribution in [0.4, 0.5) is 0 Å². The SMILES string of the molecule is CS(=O)(=O)c1ccc2c(c(O)nn2C(c2ccccc2)(c2ccccc2)c2ccccc2)c1Br. The number of sulfone groups is 1. The third-order valence-electron chi connectivity index (χ3n) is 6.02. The fraction of sp³-hybridized carbons (Fsp3) is 0.0741. The van der Waals surface area contributed by atoms with Crippen molar-refractivity contribution in [3.05, 3.63) is 124 Å². The van der Waals surface area contributed by atoms with Gasteiger partial charge in [0.25, 0.3) is 0 Å². The molecule has 7 heteroatoms. The van der Waals surface area contributed by atoms with Crippen LogP contribution in [0.15, 0.2) is 112 Å². The summed E-state index contributed by atoms with van der Waals surface area (Å²) in [7, 11) is -3.52. The molecule has 1 heterocycles. The van der Waals surface area contributed by atoms with Crippen LogP contribution in [0, 0.1) is 0 Å². The van der Waals surface area contributed by atoms with Crippen molar-refractivity contribution >= 4 is 36.7 Å². The second-order valence-electron chi connectivity index (χ2n) is 8.09. The molecule has 170 valence electrons. The second kappa shape index (κ2) is 8.42. The number of fused-ring (bicyclic) bond motifs is 1. The lowest BCUT2D eigenvalue weighted by molar-refractivity contribution is 0.412. The number of aromatic hydroxyl groups is 1. The Kier molecular flexibility index (Phi) is 5.54. The maximum atomic E-state index is 12.3. The van der Waals surface area contributed by atoms with Crippen molar-refractivity contribution in [2.45, 2.75) is 10.4 Å². The molecule has 4 aromatic carbocycles. The number of hydrogen-bond acceptors (Lipinski definition) is 4. The molecule has 0 radical (unpaired) electrons. The standard InChI is InChI=1S/C27H21BrN2O3S/c1-34(32,33)23-18-17-22-24(25(23)28)26(31)29-30(22)27(19-11-5-2-6-12-19,20-13-7-3-8-14-20)21-15-9-4-10-16-21/h2-18H,1H3,(H,29,31). The average Bonchev–Trinajstić information content (AvgIpc) is 3.18. The van der Waals surface area contributed by atoms with Crippen molar-refractivity contribution < 1.29 is 13.5 Å². The van der Waals surface area contributed by atoms with Gasteiger partial charge in [0.2, 0.25) is 5.88 Å². The van der Waals surface area contributed by atoms with Crippen LogP contribution in [0.2, 0.25) is 0 Å². The van der Waals surface area contributed by atoms with Gasteiger partial charge in [-0.3, -0.25) is 0 Å². The van der Waals surface area contributed by atoms with Gasteiger partial charge in [-0.1, -0.05) is 91.0 Å². The Balaban J connectivity index is 1.98. The predicted octanol–water partition coefficient (Wildman–Crippen LogP) is 5.75. The van der Waals surface area contributed by atoms with Gasteiger partial charge < -0.3 is 5.11 Å². The highest BCUT2D eigenvalue weighted by Crippen LogP contribution is 2.45. The molecule has 1 N–H and O–H groups in total. The van der Waals surface area contributed by atoms with E-state index in [1.807, 2.05) is 91.0 Å². The van der Waals surface area contributed by atoms with Gasteiger partial charge in [-0.05, 0) is 44.8 Å². The molecule has 34 heavy (non-hydrogen) atoms. The molecule has 0 atom stereocenters. The zero-order valence-corrected chi connectivity index (χ0v) is 20.7. The van der Waals surface area contributed by atoms with Crippen molar-refractivity contribution in [1.29, 1.82) is 0 Å². The minimum Gasteiger partial charge on any atom is -0.492 e. The first-order chi connectivity index (χ1) is 16.3. The molecule has 0 saturated carbocycles. The van der Waals surface area contributed by atoms with Gasteiger partial charge in [-0.15, -0.1) is 5.10 Å². The first-order valence-corrected chi connectivity index (χ1v) is 13.3. The Morgan fingerprint density at radius 2 is 1.21 bits per heavy atom. The third kappa shape index (κ3) is 3.43. The van der Waals surface area contributed by atoms with Crippen molar-refractivity contribution in [3.8, 4) is 5.88 Å². The smallest absolute Gasteiger partial charge is 0.239 e. The van der Waals surface area contributed by atoms with Crippen LogP contribution in [0.1, 0.15) is 16.7 Å². The van der Waals surface area contributed by atoms with Gasteiger partial charge in [0.05, 0.1) is 20.3 Å². The normalized spacial score (nSPS) is 12.2. The Hall–Kier alpha value is -3.42. The van der Waals surface area contributed by atoms with Gasteiger partial charge >= 0.3 is 0 Å². The lowest BCUT2D eigenvalue weighted by atomic mass is 9.77. The minimum absolute atomic E-state index is 0.0968. The summed E-state index contributed by atoms with van der Waals surface area (Å²) in [5.74, 6) is -0.250. The molecule has 0 amide bonds. The topological polar surface area (TPSA) is 72.2 Å². The fourth-order valence-corrected chi connectivity index (χ4v) is 6.72. The summed E-state index contributed by atoms with van der Waals surface area (Å²) in [5.41, 5.74) is 2.49. The quantitative estimate of drug-likeness (QED) is 0.292. The molecule has 0 saturated heterocycles. The number of halogens is 1. The van der Waals surface area contributed by atoms with Gasteiger partial charge in [-0.25, -0.2) is 13.1 Å². The van der Waals surface area contributed by atoms with E-state index in [0.717, 1.165) is 22.9 Å². The van der Waals surface area contributed by atoms with E-state index in [9.17, 15) is 13.5 Å². The molecule has 0 spiro atoms. The Labute approximate surface area is 206 Å². The minimum atomic E-state index is -3.52. The lowest BCUT2D eigenvalue weighted by Crippen LogP contribution is -2.38. The number of nitrogens with zero attached hydrogens (tertiary/aromatic N) is 2. The number of rotatable bonds is 5. The summed E-state index contributed by atoms with van der Waals surface area (Å²) in [6, 6.07) is 33.1. The van der Waals surface area contributed by atoms with Crippen LogP contribution in [-0.2, 0) is 15.4 Å². The zero-order chi connectivity index (χ0) is 23.9. The maximum absolute atomic E-state index is 12.3. The van der Waals surface area contributed by atoms with Gasteiger partial charge in [-0.2, -0.15) is 0 Å². The average molecular weight is 533 g/mol. The van der Waals surface area contributed by atoms with E-state index in [-0.39, 0.29) is 10.8 Å². The first-order valence-electron chi connectivity index (χ1n) is 10.6. The van der Waals surface area contributed by atoms with Crippen LogP contribution in [0.5, 0.6) is 5.88 Å². The number of benzene rings is 4. The van der Waals surface area contributed by atoms with Crippen LogP contribution in [0.25, 0.3) is 10.9 Å². The molecule has 0 fully saturated rings. The third-order valence-corrected chi connectivity index (χ3v) is 8.25. The summed E-state index contributed by atoms with van der Waals surface area (Å²) in [6.45, 7) is 0. The van der Waals surface area contributed by atoms with E-state index in [2.05, 4.69) is 21.0 Å². The van der Waals surface area contributed by atoms with Crippen molar-refractivity contribution in [2.24, 2.45) is 0 Å². The van der Waals surface area contributed by atoms with Crippen LogP contribution < -0.4 is 0 Å². The zero-order valence-electron chi connectivity index (χ0n) is 18.3. The molecule has 0 bridgehead atoms. The Morgan fingerprint density at radius 1 is 0.765 bits per heavy atom. The van der Waals surface area contributed by atoms with Crippen LogP contribution in [0.3, 0.4) is 0 Å². The summed E-state index contributed by atoms with van der Waals surface area (Å²) in [6.07, 6.45) is 1.14. The van der Waals surface area contributed by atoms with Crippen molar-refractivity contribution in [2.75, 3.05) is 6.26 Å². The maximum Gasteiger partial charge on any atom is 0.239 e. The first kappa shape index (κ1) is 22.4. The second-order valence-corrected chi connectivity index (χ2v) is 10.9. The molecular weight excluding hydrogens is 512 g/mol. The monoisotopic (exact) mass is 532 g/mol. The van der Waals surface area contributed by atoms with E-state index in [1.165, 1.54) is 0 Å². The Bertz CT molecular complexity index is 1490. The van der Waals surface area contributed by atoms with E-state index in [4.69, 9.17) is 0 Å². The molecule has 1 aromatic heterocycles. The molecule has 0 aliphatic rings. The highest BCUT2D eigenvalue weighted by molar-refractivity contribution is 9.10. The lowest BCUT2D eigenvalue weighted by Gasteiger charge is -2.36. The Morgan fingerprint density at radius 3 is 1.62 bits per heavy atom. The van der Waals surface area contributed by atoms with Gasteiger partial charge in [0.15, 0.2) is 9.84 Å². The number of aromatic nitrogens is 2.